The summed E-state index contributed by atoms with van der Waals surface area (Å²) >= 11 is 0. The van der Waals surface area contributed by atoms with Crippen molar-refractivity contribution in [1.82, 2.24) is 15.1 Å². The van der Waals surface area contributed by atoms with Gasteiger partial charge in [-0.25, -0.2) is 0 Å². The van der Waals surface area contributed by atoms with Crippen LogP contribution in [0.3, 0.4) is 0 Å². The normalized spacial score (nSPS) is 15.8. The smallest absolute Gasteiger partial charge is 0.123 e. The highest BCUT2D eigenvalue weighted by Crippen LogP contribution is 2.27. The van der Waals surface area contributed by atoms with Crippen molar-refractivity contribution in [2.24, 2.45) is 13.0 Å². The Labute approximate surface area is 84.7 Å². The highest BCUT2D eigenvalue weighted by atomic mass is 15.3. The molecule has 2 rings (SSSR count). The van der Waals surface area contributed by atoms with Crippen LogP contribution in [0.1, 0.15) is 12.8 Å². The quantitative estimate of drug-likeness (QED) is 0.659. The van der Waals surface area contributed by atoms with Crippen molar-refractivity contribution in [1.29, 1.82) is 0 Å². The van der Waals surface area contributed by atoms with Gasteiger partial charge in [0.2, 0.25) is 0 Å². The Hall–Kier alpha value is -1.03. The Kier molecular flexibility index (Phi) is 3.03. The van der Waals surface area contributed by atoms with Crippen molar-refractivity contribution >= 4 is 5.82 Å². The van der Waals surface area contributed by atoms with Crippen molar-refractivity contribution in [3.8, 4) is 0 Å². The van der Waals surface area contributed by atoms with Gasteiger partial charge in [0.25, 0.3) is 0 Å². The summed E-state index contributed by atoms with van der Waals surface area (Å²) in [5.74, 6) is 2.05. The number of aryl methyl sites for hydroxylation is 1. The maximum atomic E-state index is 4.09. The molecule has 0 saturated heterocycles. The standard InChI is InChI=1S/C10H18N4/c1-14-10(4-5-13-14)12-7-6-11-8-9-2-3-9/h4-5,9,11-12H,2-3,6-8H2,1H3. The number of hydrogen-bond donors (Lipinski definition) is 2. The molecule has 4 nitrogen and oxygen atoms in total. The first-order valence-electron chi connectivity index (χ1n) is 5.29. The van der Waals surface area contributed by atoms with E-state index >= 15 is 0 Å². The summed E-state index contributed by atoms with van der Waals surface area (Å²) in [4.78, 5) is 0. The molecule has 1 aliphatic rings. The fraction of sp³-hybridized carbons (Fsp3) is 0.700. The summed E-state index contributed by atoms with van der Waals surface area (Å²) in [5, 5.41) is 10.8. The molecule has 0 aliphatic heterocycles. The molecule has 1 fully saturated rings. The Morgan fingerprint density at radius 2 is 2.36 bits per heavy atom. The van der Waals surface area contributed by atoms with Crippen molar-refractivity contribution in [3.05, 3.63) is 12.3 Å². The molecule has 0 aromatic carbocycles. The van der Waals surface area contributed by atoms with Crippen molar-refractivity contribution in [2.45, 2.75) is 12.8 Å². The molecule has 14 heavy (non-hydrogen) atoms. The first-order chi connectivity index (χ1) is 6.86. The van der Waals surface area contributed by atoms with E-state index in [0.29, 0.717) is 0 Å². The van der Waals surface area contributed by atoms with Crippen LogP contribution in [0.25, 0.3) is 0 Å². The zero-order valence-electron chi connectivity index (χ0n) is 8.66. The summed E-state index contributed by atoms with van der Waals surface area (Å²) in [6, 6.07) is 1.99. The van der Waals surface area contributed by atoms with Gasteiger partial charge in [0, 0.05) is 26.2 Å². The van der Waals surface area contributed by atoms with Crippen LogP contribution >= 0.6 is 0 Å². The summed E-state index contributed by atoms with van der Waals surface area (Å²) < 4.78 is 1.85. The minimum Gasteiger partial charge on any atom is -0.369 e. The maximum absolute atomic E-state index is 4.09. The number of hydrogen-bond acceptors (Lipinski definition) is 3. The summed E-state index contributed by atoms with van der Waals surface area (Å²) in [6.07, 6.45) is 4.64. The minimum atomic E-state index is 0.965. The minimum absolute atomic E-state index is 0.965. The van der Waals surface area contributed by atoms with Crippen LogP contribution in [0.2, 0.25) is 0 Å². The van der Waals surface area contributed by atoms with E-state index in [1.165, 1.54) is 19.4 Å². The predicted molar refractivity (Wildman–Crippen MR) is 57.3 cm³/mol. The van der Waals surface area contributed by atoms with E-state index in [2.05, 4.69) is 15.7 Å². The van der Waals surface area contributed by atoms with E-state index in [1.807, 2.05) is 17.8 Å². The molecule has 0 radical (unpaired) electrons. The average Bonchev–Trinajstić information content (AvgIpc) is 2.91. The average molecular weight is 194 g/mol. The summed E-state index contributed by atoms with van der Waals surface area (Å²) in [7, 11) is 1.94. The molecule has 0 unspecified atom stereocenters. The van der Waals surface area contributed by atoms with Crippen LogP contribution in [-0.2, 0) is 7.05 Å². The van der Waals surface area contributed by atoms with Crippen LogP contribution in [-0.4, -0.2) is 29.4 Å². The molecule has 1 aromatic rings. The van der Waals surface area contributed by atoms with Gasteiger partial charge in [-0.3, -0.25) is 4.68 Å². The van der Waals surface area contributed by atoms with Gasteiger partial charge in [-0.05, 0) is 25.3 Å². The van der Waals surface area contributed by atoms with Gasteiger partial charge in [0.15, 0.2) is 0 Å². The Balaban J connectivity index is 1.56. The molecular formula is C10H18N4. The molecular weight excluding hydrogens is 176 g/mol. The third kappa shape index (κ3) is 2.73. The Bertz CT molecular complexity index is 277. The van der Waals surface area contributed by atoms with Crippen molar-refractivity contribution in [2.75, 3.05) is 25.0 Å². The lowest BCUT2D eigenvalue weighted by molar-refractivity contribution is 0.648. The number of aromatic nitrogens is 2. The van der Waals surface area contributed by atoms with E-state index in [1.54, 1.807) is 6.20 Å². The largest absolute Gasteiger partial charge is 0.369 e. The molecule has 0 atom stereocenters. The van der Waals surface area contributed by atoms with Crippen LogP contribution in [0.5, 0.6) is 0 Å². The monoisotopic (exact) mass is 194 g/mol. The fourth-order valence-corrected chi connectivity index (χ4v) is 1.45. The molecule has 1 heterocycles. The van der Waals surface area contributed by atoms with Gasteiger partial charge in [-0.15, -0.1) is 0 Å². The van der Waals surface area contributed by atoms with Crippen LogP contribution < -0.4 is 10.6 Å². The third-order valence-corrected chi connectivity index (χ3v) is 2.56. The Morgan fingerprint density at radius 3 is 3.00 bits per heavy atom. The van der Waals surface area contributed by atoms with Gasteiger partial charge in [0.05, 0.1) is 6.20 Å². The lowest BCUT2D eigenvalue weighted by atomic mass is 10.4. The second-order valence-electron chi connectivity index (χ2n) is 3.91. The SMILES string of the molecule is Cn1nccc1NCCNCC1CC1. The lowest BCUT2D eigenvalue weighted by Gasteiger charge is -2.06. The topological polar surface area (TPSA) is 41.9 Å². The van der Waals surface area contributed by atoms with Gasteiger partial charge in [-0.2, -0.15) is 5.10 Å². The lowest BCUT2D eigenvalue weighted by Crippen LogP contribution is -2.24. The molecule has 0 amide bonds. The second kappa shape index (κ2) is 4.46. The van der Waals surface area contributed by atoms with E-state index in [9.17, 15) is 0 Å². The van der Waals surface area contributed by atoms with E-state index < -0.39 is 0 Å². The number of nitrogens with zero attached hydrogens (tertiary/aromatic N) is 2. The third-order valence-electron chi connectivity index (χ3n) is 2.56. The fourth-order valence-electron chi connectivity index (χ4n) is 1.45. The molecule has 1 aromatic heterocycles. The first kappa shape index (κ1) is 9.52. The zero-order valence-corrected chi connectivity index (χ0v) is 8.66. The van der Waals surface area contributed by atoms with Gasteiger partial charge < -0.3 is 10.6 Å². The first-order valence-corrected chi connectivity index (χ1v) is 5.29. The predicted octanol–water partition coefficient (Wildman–Crippen LogP) is 0.832. The molecule has 0 bridgehead atoms. The second-order valence-corrected chi connectivity index (χ2v) is 3.91. The highest BCUT2D eigenvalue weighted by Gasteiger charge is 2.19. The molecule has 0 spiro atoms. The number of nitrogens with one attached hydrogen (secondary N) is 2. The Morgan fingerprint density at radius 1 is 1.50 bits per heavy atom. The van der Waals surface area contributed by atoms with E-state index in [0.717, 1.165) is 24.8 Å². The summed E-state index contributed by atoms with van der Waals surface area (Å²) in [5.41, 5.74) is 0. The zero-order chi connectivity index (χ0) is 9.80. The van der Waals surface area contributed by atoms with Crippen LogP contribution in [0.15, 0.2) is 12.3 Å². The van der Waals surface area contributed by atoms with Gasteiger partial charge >= 0.3 is 0 Å². The molecule has 1 aliphatic carbocycles. The maximum Gasteiger partial charge on any atom is 0.123 e. The molecule has 1 saturated carbocycles. The molecule has 2 N–H and O–H groups in total. The number of rotatable bonds is 6. The molecule has 4 heteroatoms. The number of anilines is 1. The van der Waals surface area contributed by atoms with Crippen molar-refractivity contribution in [3.63, 3.8) is 0 Å². The summed E-state index contributed by atoms with van der Waals surface area (Å²) in [6.45, 7) is 3.18. The highest BCUT2D eigenvalue weighted by molar-refractivity contribution is 5.33. The van der Waals surface area contributed by atoms with E-state index in [-0.39, 0.29) is 0 Å². The van der Waals surface area contributed by atoms with Gasteiger partial charge in [-0.1, -0.05) is 0 Å². The van der Waals surface area contributed by atoms with Crippen molar-refractivity contribution < 1.29 is 0 Å². The van der Waals surface area contributed by atoms with E-state index in [4.69, 9.17) is 0 Å². The van der Waals surface area contributed by atoms with Crippen LogP contribution in [0, 0.1) is 5.92 Å². The van der Waals surface area contributed by atoms with Crippen LogP contribution in [0.4, 0.5) is 5.82 Å². The molecule has 78 valence electrons. The van der Waals surface area contributed by atoms with Gasteiger partial charge in [0.1, 0.15) is 5.82 Å².